The van der Waals surface area contributed by atoms with Crippen molar-refractivity contribution >= 4 is 18.0 Å². The van der Waals surface area contributed by atoms with E-state index in [9.17, 15) is 14.4 Å². The third-order valence-corrected chi connectivity index (χ3v) is 4.05. The molecule has 3 rings (SSSR count). The van der Waals surface area contributed by atoms with E-state index in [0.29, 0.717) is 18.8 Å². The fourth-order valence-corrected chi connectivity index (χ4v) is 2.83. The Kier molecular flexibility index (Phi) is 4.05. The number of benzene rings is 1. The van der Waals surface area contributed by atoms with Crippen LogP contribution in [0, 0.1) is 0 Å². The average Bonchev–Trinajstić information content (AvgIpc) is 2.80. The lowest BCUT2D eigenvalue weighted by molar-refractivity contribution is -0.129. The summed E-state index contributed by atoms with van der Waals surface area (Å²) in [6.45, 7) is 1.21. The molecule has 5 amide bonds. The van der Waals surface area contributed by atoms with Crippen molar-refractivity contribution in [1.29, 1.82) is 0 Å². The molecule has 1 unspecified atom stereocenters. The van der Waals surface area contributed by atoms with Crippen molar-refractivity contribution < 1.29 is 19.1 Å². The molecule has 1 aromatic carbocycles. The summed E-state index contributed by atoms with van der Waals surface area (Å²) in [7, 11) is 0. The number of nitrogens with two attached hydrogens (primary N) is 1. The monoisotopic (exact) mass is 318 g/mol. The number of amides is 5. The summed E-state index contributed by atoms with van der Waals surface area (Å²) >= 11 is 0. The minimum Gasteiger partial charge on any atom is -0.492 e. The van der Waals surface area contributed by atoms with E-state index in [4.69, 9.17) is 10.5 Å². The van der Waals surface area contributed by atoms with E-state index in [2.05, 4.69) is 0 Å². The lowest BCUT2D eigenvalue weighted by atomic mass is 10.2. The van der Waals surface area contributed by atoms with E-state index in [0.717, 1.165) is 0 Å². The van der Waals surface area contributed by atoms with Gasteiger partial charge in [-0.15, -0.1) is 0 Å². The second kappa shape index (κ2) is 6.15. The van der Waals surface area contributed by atoms with Gasteiger partial charge in [0.1, 0.15) is 18.4 Å². The molecule has 2 aliphatic heterocycles. The maximum atomic E-state index is 12.4. The molecule has 2 fully saturated rings. The largest absolute Gasteiger partial charge is 0.492 e. The molecule has 23 heavy (non-hydrogen) atoms. The van der Waals surface area contributed by atoms with Crippen molar-refractivity contribution in [1.82, 2.24) is 14.7 Å². The molecule has 8 heteroatoms. The van der Waals surface area contributed by atoms with Crippen LogP contribution in [0.15, 0.2) is 30.3 Å². The number of ether oxygens (including phenoxy) is 1. The number of imide groups is 1. The predicted octanol–water partition coefficient (Wildman–Crippen LogP) is 0.0925. The number of primary amides is 1. The zero-order valence-electron chi connectivity index (χ0n) is 12.6. The van der Waals surface area contributed by atoms with Crippen LogP contribution in [0.4, 0.5) is 9.59 Å². The molecule has 2 saturated heterocycles. The SMILES string of the molecule is NC(=O)N1CCN2C(=O)N(CCOc3ccccc3)C(=O)C2C1. The maximum absolute atomic E-state index is 12.4. The Morgan fingerprint density at radius 2 is 1.96 bits per heavy atom. The highest BCUT2D eigenvalue weighted by Gasteiger charge is 2.47. The molecular formula is C15H18N4O4. The molecule has 2 heterocycles. The molecule has 122 valence electrons. The predicted molar refractivity (Wildman–Crippen MR) is 80.7 cm³/mol. The third-order valence-electron chi connectivity index (χ3n) is 4.05. The summed E-state index contributed by atoms with van der Waals surface area (Å²) in [5.41, 5.74) is 5.25. The number of carbonyl (C=O) groups is 3. The van der Waals surface area contributed by atoms with Crippen LogP contribution < -0.4 is 10.5 Å². The van der Waals surface area contributed by atoms with Gasteiger partial charge >= 0.3 is 12.1 Å². The molecule has 0 aromatic heterocycles. The second-order valence-corrected chi connectivity index (χ2v) is 5.43. The van der Waals surface area contributed by atoms with E-state index in [1.165, 1.54) is 14.7 Å². The zero-order valence-corrected chi connectivity index (χ0v) is 12.6. The first-order valence-electron chi connectivity index (χ1n) is 7.42. The first kappa shape index (κ1) is 15.1. The Hall–Kier alpha value is -2.77. The average molecular weight is 318 g/mol. The fourth-order valence-electron chi connectivity index (χ4n) is 2.83. The van der Waals surface area contributed by atoms with Gasteiger partial charge in [0, 0.05) is 13.1 Å². The van der Waals surface area contributed by atoms with Gasteiger partial charge in [-0.2, -0.15) is 0 Å². The highest BCUT2D eigenvalue weighted by atomic mass is 16.5. The minimum atomic E-state index is -0.638. The van der Waals surface area contributed by atoms with Gasteiger partial charge in [-0.25, -0.2) is 9.59 Å². The summed E-state index contributed by atoms with van der Waals surface area (Å²) in [5.74, 6) is 0.377. The molecule has 1 aromatic rings. The molecule has 8 nitrogen and oxygen atoms in total. The molecular weight excluding hydrogens is 300 g/mol. The number of nitrogens with zero attached hydrogens (tertiary/aromatic N) is 3. The Bertz CT molecular complexity index is 621. The Balaban J connectivity index is 1.59. The van der Waals surface area contributed by atoms with Crippen LogP contribution in [0.25, 0.3) is 0 Å². The number of hydrogen-bond donors (Lipinski definition) is 1. The van der Waals surface area contributed by atoms with Crippen molar-refractivity contribution in [3.8, 4) is 5.75 Å². The van der Waals surface area contributed by atoms with Gasteiger partial charge in [0.2, 0.25) is 0 Å². The topological polar surface area (TPSA) is 96.2 Å². The standard InChI is InChI=1S/C15H18N4O4/c16-14(21)17-6-7-18-12(10-17)13(20)19(15(18)22)8-9-23-11-4-2-1-3-5-11/h1-5,12H,6-10H2,(H2,16,21). The van der Waals surface area contributed by atoms with Crippen LogP contribution in [0.5, 0.6) is 5.75 Å². The van der Waals surface area contributed by atoms with Gasteiger partial charge in [0.25, 0.3) is 5.91 Å². The van der Waals surface area contributed by atoms with Gasteiger partial charge in [0.15, 0.2) is 0 Å². The van der Waals surface area contributed by atoms with Crippen LogP contribution in [0.1, 0.15) is 0 Å². The Morgan fingerprint density at radius 3 is 2.65 bits per heavy atom. The summed E-state index contributed by atoms with van der Waals surface area (Å²) in [5, 5.41) is 0. The van der Waals surface area contributed by atoms with Crippen molar-refractivity contribution in [2.75, 3.05) is 32.8 Å². The maximum Gasteiger partial charge on any atom is 0.327 e. The Labute approximate surface area is 133 Å². The summed E-state index contributed by atoms with van der Waals surface area (Å²) in [4.78, 5) is 40.0. The van der Waals surface area contributed by atoms with E-state index < -0.39 is 12.1 Å². The first-order chi connectivity index (χ1) is 11.1. The highest BCUT2D eigenvalue weighted by Crippen LogP contribution is 2.22. The first-order valence-corrected chi connectivity index (χ1v) is 7.42. The van der Waals surface area contributed by atoms with Crippen LogP contribution in [0.2, 0.25) is 0 Å². The fraction of sp³-hybridized carbons (Fsp3) is 0.400. The van der Waals surface area contributed by atoms with Crippen LogP contribution in [-0.2, 0) is 4.79 Å². The number of carbonyl (C=O) groups excluding carboxylic acids is 3. The summed E-state index contributed by atoms with van der Waals surface area (Å²) < 4.78 is 5.53. The van der Waals surface area contributed by atoms with E-state index in [1.807, 2.05) is 30.3 Å². The van der Waals surface area contributed by atoms with E-state index in [1.54, 1.807) is 0 Å². The van der Waals surface area contributed by atoms with E-state index >= 15 is 0 Å². The summed E-state index contributed by atoms with van der Waals surface area (Å²) in [6.07, 6.45) is 0. The van der Waals surface area contributed by atoms with Crippen molar-refractivity contribution in [2.45, 2.75) is 6.04 Å². The highest BCUT2D eigenvalue weighted by molar-refractivity contribution is 6.04. The molecule has 2 N–H and O–H groups in total. The lowest BCUT2D eigenvalue weighted by Gasteiger charge is -2.34. The minimum absolute atomic E-state index is 0.149. The molecule has 0 spiro atoms. The molecule has 2 aliphatic rings. The molecule has 0 saturated carbocycles. The smallest absolute Gasteiger partial charge is 0.327 e. The van der Waals surface area contributed by atoms with Crippen molar-refractivity contribution in [3.05, 3.63) is 30.3 Å². The van der Waals surface area contributed by atoms with Gasteiger partial charge in [0.05, 0.1) is 13.1 Å². The van der Waals surface area contributed by atoms with Crippen molar-refractivity contribution in [2.24, 2.45) is 5.73 Å². The Morgan fingerprint density at radius 1 is 1.22 bits per heavy atom. The van der Waals surface area contributed by atoms with Crippen LogP contribution in [0.3, 0.4) is 0 Å². The van der Waals surface area contributed by atoms with Gasteiger partial charge in [-0.05, 0) is 12.1 Å². The number of piperazine rings is 1. The quantitative estimate of drug-likeness (QED) is 0.796. The summed E-state index contributed by atoms with van der Waals surface area (Å²) in [6, 6.07) is 7.64. The number of fused-ring (bicyclic) bond motifs is 1. The van der Waals surface area contributed by atoms with Crippen molar-refractivity contribution in [3.63, 3.8) is 0 Å². The van der Waals surface area contributed by atoms with Gasteiger partial charge < -0.3 is 20.3 Å². The second-order valence-electron chi connectivity index (χ2n) is 5.43. The lowest BCUT2D eigenvalue weighted by Crippen LogP contribution is -2.55. The molecule has 1 atom stereocenters. The third kappa shape index (κ3) is 2.92. The normalized spacial score (nSPS) is 20.7. The molecule has 0 bridgehead atoms. The van der Waals surface area contributed by atoms with Crippen LogP contribution in [-0.4, -0.2) is 71.5 Å². The van der Waals surface area contributed by atoms with Gasteiger partial charge in [-0.3, -0.25) is 9.69 Å². The zero-order chi connectivity index (χ0) is 16.4. The molecule has 0 radical (unpaired) electrons. The molecule has 0 aliphatic carbocycles. The number of urea groups is 2. The van der Waals surface area contributed by atoms with Crippen LogP contribution >= 0.6 is 0 Å². The number of hydrogen-bond acceptors (Lipinski definition) is 4. The van der Waals surface area contributed by atoms with E-state index in [-0.39, 0.29) is 31.6 Å². The number of rotatable bonds is 4. The van der Waals surface area contributed by atoms with Gasteiger partial charge in [-0.1, -0.05) is 18.2 Å². The number of para-hydroxylation sites is 1.